The molecule has 6 heteroatoms. The number of carbonyl (C=O) groups excluding carboxylic acids is 1. The van der Waals surface area contributed by atoms with Gasteiger partial charge in [-0.15, -0.1) is 11.3 Å². The fourth-order valence-electron chi connectivity index (χ4n) is 3.08. The summed E-state index contributed by atoms with van der Waals surface area (Å²) in [6.07, 6.45) is 1.31. The lowest BCUT2D eigenvalue weighted by atomic mass is 10.1. The van der Waals surface area contributed by atoms with Crippen molar-refractivity contribution in [2.45, 2.75) is 25.7 Å². The van der Waals surface area contributed by atoms with Crippen LogP contribution in [0.3, 0.4) is 0 Å². The third-order valence-electron chi connectivity index (χ3n) is 4.54. The molecule has 3 aromatic rings. The number of hydrogen-bond donors (Lipinski definition) is 0. The summed E-state index contributed by atoms with van der Waals surface area (Å²) in [5, 5.41) is 6.03. The van der Waals surface area contributed by atoms with Gasteiger partial charge in [0.05, 0.1) is 10.8 Å². The Morgan fingerprint density at radius 3 is 2.88 bits per heavy atom. The molecule has 0 saturated carbocycles. The Morgan fingerprint density at radius 2 is 2.12 bits per heavy atom. The molecule has 1 unspecified atom stereocenters. The van der Waals surface area contributed by atoms with Gasteiger partial charge < -0.3 is 9.42 Å². The Hall–Kier alpha value is -2.47. The quantitative estimate of drug-likeness (QED) is 0.702. The zero-order valence-corrected chi connectivity index (χ0v) is 14.8. The second kappa shape index (κ2) is 6.80. The van der Waals surface area contributed by atoms with Crippen LogP contribution in [0.15, 0.2) is 46.3 Å². The molecular weight excluding hydrogens is 334 g/mol. The lowest BCUT2D eigenvalue weighted by Crippen LogP contribution is -2.27. The molecule has 0 bridgehead atoms. The Balaban J connectivity index is 1.39. The standard InChI is InChI=1S/C19H19N3O2S/c1-13-4-6-14(7-5-13)8-9-22-12-15(11-17(22)23)19-20-18(21-24-19)16-3-2-10-25-16/h2-7,10,15H,8-9,11-12H2,1H3. The highest BCUT2D eigenvalue weighted by Crippen LogP contribution is 2.29. The third kappa shape index (κ3) is 3.49. The molecule has 1 aromatic carbocycles. The summed E-state index contributed by atoms with van der Waals surface area (Å²) in [5.74, 6) is 1.32. The molecule has 0 aliphatic carbocycles. The second-order valence-corrected chi connectivity index (χ2v) is 7.36. The minimum absolute atomic E-state index is 0.00766. The highest BCUT2D eigenvalue weighted by atomic mass is 32.1. The van der Waals surface area contributed by atoms with Gasteiger partial charge in [0, 0.05) is 19.5 Å². The van der Waals surface area contributed by atoms with Crippen molar-refractivity contribution in [2.75, 3.05) is 13.1 Å². The Kier molecular flexibility index (Phi) is 4.36. The summed E-state index contributed by atoms with van der Waals surface area (Å²) in [7, 11) is 0. The van der Waals surface area contributed by atoms with E-state index in [1.54, 1.807) is 11.3 Å². The first-order valence-electron chi connectivity index (χ1n) is 8.40. The molecule has 25 heavy (non-hydrogen) atoms. The molecule has 1 atom stereocenters. The Bertz CT molecular complexity index is 855. The molecule has 0 N–H and O–H groups in total. The van der Waals surface area contributed by atoms with Gasteiger partial charge in [-0.25, -0.2) is 0 Å². The minimum Gasteiger partial charge on any atom is -0.342 e. The molecule has 3 heterocycles. The van der Waals surface area contributed by atoms with Crippen molar-refractivity contribution in [3.63, 3.8) is 0 Å². The largest absolute Gasteiger partial charge is 0.342 e. The van der Waals surface area contributed by atoms with E-state index in [4.69, 9.17) is 4.52 Å². The summed E-state index contributed by atoms with van der Waals surface area (Å²) < 4.78 is 5.41. The van der Waals surface area contributed by atoms with Crippen LogP contribution in [0.1, 0.15) is 29.4 Å². The summed E-state index contributed by atoms with van der Waals surface area (Å²) in [5.41, 5.74) is 2.50. The maximum atomic E-state index is 12.3. The van der Waals surface area contributed by atoms with Gasteiger partial charge in [0.15, 0.2) is 0 Å². The number of likely N-dealkylation sites (tertiary alicyclic amines) is 1. The van der Waals surface area contributed by atoms with Gasteiger partial charge in [0.1, 0.15) is 0 Å². The average molecular weight is 353 g/mol. The summed E-state index contributed by atoms with van der Waals surface area (Å²) >= 11 is 1.58. The van der Waals surface area contributed by atoms with Gasteiger partial charge in [0.25, 0.3) is 0 Å². The van der Waals surface area contributed by atoms with Crippen molar-refractivity contribution in [3.8, 4) is 10.7 Å². The van der Waals surface area contributed by atoms with E-state index in [9.17, 15) is 4.79 Å². The molecule has 2 aromatic heterocycles. The molecule has 1 amide bonds. The summed E-state index contributed by atoms with van der Waals surface area (Å²) in [4.78, 5) is 19.7. The predicted molar refractivity (Wildman–Crippen MR) is 96.4 cm³/mol. The van der Waals surface area contributed by atoms with Crippen molar-refractivity contribution in [2.24, 2.45) is 0 Å². The molecular formula is C19H19N3O2S. The predicted octanol–water partition coefficient (Wildman–Crippen LogP) is 3.67. The number of carbonyl (C=O) groups is 1. The summed E-state index contributed by atoms with van der Waals surface area (Å²) in [6.45, 7) is 3.45. The fraction of sp³-hybridized carbons (Fsp3) is 0.316. The topological polar surface area (TPSA) is 59.2 Å². The van der Waals surface area contributed by atoms with Gasteiger partial charge in [-0.3, -0.25) is 4.79 Å². The number of rotatable bonds is 5. The van der Waals surface area contributed by atoms with Gasteiger partial charge in [0.2, 0.25) is 17.6 Å². The Labute approximate surface area is 150 Å². The van der Waals surface area contributed by atoms with Gasteiger partial charge >= 0.3 is 0 Å². The van der Waals surface area contributed by atoms with E-state index in [0.717, 1.165) is 17.8 Å². The van der Waals surface area contributed by atoms with Crippen LogP contribution in [-0.2, 0) is 11.2 Å². The van der Waals surface area contributed by atoms with E-state index in [0.29, 0.717) is 24.7 Å². The van der Waals surface area contributed by atoms with Crippen LogP contribution in [0.5, 0.6) is 0 Å². The van der Waals surface area contributed by atoms with E-state index >= 15 is 0 Å². The van der Waals surface area contributed by atoms with E-state index < -0.39 is 0 Å². The highest BCUT2D eigenvalue weighted by molar-refractivity contribution is 7.13. The zero-order chi connectivity index (χ0) is 17.2. The SMILES string of the molecule is Cc1ccc(CCN2CC(c3nc(-c4cccs4)no3)CC2=O)cc1. The summed E-state index contributed by atoms with van der Waals surface area (Å²) in [6, 6.07) is 12.4. The monoisotopic (exact) mass is 353 g/mol. The van der Waals surface area contributed by atoms with E-state index in [-0.39, 0.29) is 11.8 Å². The van der Waals surface area contributed by atoms with Crippen LogP contribution in [0.4, 0.5) is 0 Å². The normalized spacial score (nSPS) is 17.4. The minimum atomic E-state index is -0.00766. The molecule has 0 radical (unpaired) electrons. The number of nitrogens with zero attached hydrogens (tertiary/aromatic N) is 3. The molecule has 1 saturated heterocycles. The van der Waals surface area contributed by atoms with E-state index in [1.807, 2.05) is 22.4 Å². The average Bonchev–Trinajstić information content (AvgIpc) is 3.35. The van der Waals surface area contributed by atoms with Crippen molar-refractivity contribution >= 4 is 17.2 Å². The van der Waals surface area contributed by atoms with Crippen molar-refractivity contribution < 1.29 is 9.32 Å². The first-order valence-corrected chi connectivity index (χ1v) is 9.28. The highest BCUT2D eigenvalue weighted by Gasteiger charge is 2.34. The van der Waals surface area contributed by atoms with Crippen LogP contribution in [0.2, 0.25) is 0 Å². The van der Waals surface area contributed by atoms with Crippen LogP contribution in [0.25, 0.3) is 10.7 Å². The molecule has 5 nitrogen and oxygen atoms in total. The molecule has 0 spiro atoms. The van der Waals surface area contributed by atoms with Crippen LogP contribution in [0, 0.1) is 6.92 Å². The van der Waals surface area contributed by atoms with Gasteiger partial charge in [-0.05, 0) is 30.4 Å². The third-order valence-corrected chi connectivity index (χ3v) is 5.40. The Morgan fingerprint density at radius 1 is 1.28 bits per heavy atom. The number of aryl methyl sites for hydroxylation is 1. The number of amides is 1. The van der Waals surface area contributed by atoms with E-state index in [1.165, 1.54) is 11.1 Å². The van der Waals surface area contributed by atoms with Gasteiger partial charge in [-0.1, -0.05) is 41.1 Å². The lowest BCUT2D eigenvalue weighted by Gasteiger charge is -2.15. The number of hydrogen-bond acceptors (Lipinski definition) is 5. The van der Waals surface area contributed by atoms with Crippen LogP contribution >= 0.6 is 11.3 Å². The first kappa shape index (κ1) is 16.0. The van der Waals surface area contributed by atoms with E-state index in [2.05, 4.69) is 41.3 Å². The van der Waals surface area contributed by atoms with Crippen molar-refractivity contribution in [1.29, 1.82) is 0 Å². The molecule has 1 aliphatic rings. The maximum absolute atomic E-state index is 12.3. The van der Waals surface area contributed by atoms with Crippen molar-refractivity contribution in [1.82, 2.24) is 15.0 Å². The molecule has 4 rings (SSSR count). The number of benzene rings is 1. The van der Waals surface area contributed by atoms with Crippen LogP contribution < -0.4 is 0 Å². The molecule has 1 aliphatic heterocycles. The second-order valence-electron chi connectivity index (χ2n) is 6.41. The zero-order valence-electron chi connectivity index (χ0n) is 14.0. The van der Waals surface area contributed by atoms with Crippen LogP contribution in [-0.4, -0.2) is 34.0 Å². The fourth-order valence-corrected chi connectivity index (χ4v) is 3.73. The lowest BCUT2D eigenvalue weighted by molar-refractivity contribution is -0.127. The first-order chi connectivity index (χ1) is 12.2. The smallest absolute Gasteiger partial charge is 0.232 e. The molecule has 128 valence electrons. The maximum Gasteiger partial charge on any atom is 0.232 e. The number of thiophene rings is 1. The number of aromatic nitrogens is 2. The molecule has 1 fully saturated rings. The van der Waals surface area contributed by atoms with Crippen molar-refractivity contribution in [3.05, 3.63) is 58.8 Å². The van der Waals surface area contributed by atoms with Gasteiger partial charge in [-0.2, -0.15) is 4.98 Å².